The molecular weight excluding hydrogens is 263 g/mol. The van der Waals surface area contributed by atoms with Gasteiger partial charge in [-0.15, -0.1) is 0 Å². The van der Waals surface area contributed by atoms with Crippen LogP contribution in [-0.4, -0.2) is 0 Å². The van der Waals surface area contributed by atoms with Crippen molar-refractivity contribution in [2.45, 2.75) is 25.6 Å². The van der Waals surface area contributed by atoms with Crippen LogP contribution in [0, 0.1) is 6.92 Å². The number of aryl methyl sites for hydroxylation is 1. The molecule has 0 saturated carbocycles. The van der Waals surface area contributed by atoms with E-state index in [4.69, 9.17) is 5.73 Å². The van der Waals surface area contributed by atoms with Gasteiger partial charge in [0.15, 0.2) is 0 Å². The van der Waals surface area contributed by atoms with E-state index in [1.165, 1.54) is 6.07 Å². The van der Waals surface area contributed by atoms with Crippen LogP contribution in [0.25, 0.3) is 0 Å². The highest BCUT2D eigenvalue weighted by molar-refractivity contribution is 5.29. The smallest absolute Gasteiger partial charge is 0.324 e. The molecule has 0 heterocycles. The summed E-state index contributed by atoms with van der Waals surface area (Å²) in [5.74, 6) is 0. The molecule has 1 atom stereocenters. The van der Waals surface area contributed by atoms with E-state index in [2.05, 4.69) is 0 Å². The fraction of sp³-hybridized carbons (Fsp3) is 0.250. The van der Waals surface area contributed by atoms with Crippen molar-refractivity contribution in [3.63, 3.8) is 0 Å². The van der Waals surface area contributed by atoms with Crippen LogP contribution in [0.1, 0.15) is 28.3 Å². The van der Waals surface area contributed by atoms with Gasteiger partial charge in [-0.2, -0.15) is 13.2 Å². The van der Waals surface area contributed by atoms with Crippen LogP contribution in [0.2, 0.25) is 0 Å². The molecule has 0 spiro atoms. The Bertz CT molecular complexity index is 573. The van der Waals surface area contributed by atoms with Crippen molar-refractivity contribution in [1.82, 2.24) is 0 Å². The zero-order valence-electron chi connectivity index (χ0n) is 11.1. The van der Waals surface area contributed by atoms with Gasteiger partial charge in [0, 0.05) is 6.04 Å². The van der Waals surface area contributed by atoms with Crippen LogP contribution < -0.4 is 5.73 Å². The van der Waals surface area contributed by atoms with Gasteiger partial charge in [0.25, 0.3) is 0 Å². The molecule has 0 amide bonds. The molecule has 0 aliphatic rings. The minimum Gasteiger partial charge on any atom is -0.324 e. The van der Waals surface area contributed by atoms with Crippen molar-refractivity contribution in [1.29, 1.82) is 0 Å². The van der Waals surface area contributed by atoms with Crippen molar-refractivity contribution in [3.8, 4) is 0 Å². The Morgan fingerprint density at radius 3 is 2.30 bits per heavy atom. The molecule has 20 heavy (non-hydrogen) atoms. The molecule has 2 N–H and O–H groups in total. The Hall–Kier alpha value is -1.81. The molecule has 0 aliphatic carbocycles. The topological polar surface area (TPSA) is 26.0 Å². The summed E-state index contributed by atoms with van der Waals surface area (Å²) < 4.78 is 37.9. The fourth-order valence-electron chi connectivity index (χ4n) is 2.06. The van der Waals surface area contributed by atoms with Crippen LogP contribution >= 0.6 is 0 Å². The third-order valence-electron chi connectivity index (χ3n) is 3.22. The Kier molecular flexibility index (Phi) is 4.14. The van der Waals surface area contributed by atoms with E-state index in [1.54, 1.807) is 6.07 Å². The zero-order chi connectivity index (χ0) is 14.8. The van der Waals surface area contributed by atoms with Gasteiger partial charge in [-0.3, -0.25) is 0 Å². The predicted octanol–water partition coefficient (Wildman–Crippen LogP) is 4.26. The number of halogens is 3. The van der Waals surface area contributed by atoms with Crippen molar-refractivity contribution in [3.05, 3.63) is 70.8 Å². The molecule has 0 aromatic heterocycles. The van der Waals surface area contributed by atoms with E-state index in [0.29, 0.717) is 12.0 Å². The number of hydrogen-bond donors (Lipinski definition) is 1. The summed E-state index contributed by atoms with van der Waals surface area (Å²) in [6.07, 6.45) is -3.93. The number of nitrogens with two attached hydrogens (primary N) is 1. The van der Waals surface area contributed by atoms with Gasteiger partial charge in [-0.1, -0.05) is 48.0 Å². The number of benzene rings is 2. The minimum atomic E-state index is -4.32. The summed E-state index contributed by atoms with van der Waals surface area (Å²) >= 11 is 0. The molecular formula is C16H16F3N. The van der Waals surface area contributed by atoms with Gasteiger partial charge in [-0.05, 0) is 30.5 Å². The van der Waals surface area contributed by atoms with Crippen molar-refractivity contribution in [2.24, 2.45) is 5.73 Å². The first-order valence-corrected chi connectivity index (χ1v) is 6.34. The maximum atomic E-state index is 12.6. The second-order valence-electron chi connectivity index (χ2n) is 4.92. The molecule has 106 valence electrons. The van der Waals surface area contributed by atoms with Gasteiger partial charge in [-0.25, -0.2) is 0 Å². The first-order valence-electron chi connectivity index (χ1n) is 6.34. The molecule has 2 aromatic rings. The van der Waals surface area contributed by atoms with Gasteiger partial charge in [0.1, 0.15) is 0 Å². The Labute approximate surface area is 116 Å². The van der Waals surface area contributed by atoms with Gasteiger partial charge < -0.3 is 5.73 Å². The average Bonchev–Trinajstić information content (AvgIpc) is 2.38. The predicted molar refractivity (Wildman–Crippen MR) is 73.3 cm³/mol. The van der Waals surface area contributed by atoms with E-state index >= 15 is 0 Å². The maximum absolute atomic E-state index is 12.6. The lowest BCUT2D eigenvalue weighted by molar-refractivity contribution is -0.137. The van der Waals surface area contributed by atoms with Crippen molar-refractivity contribution in [2.75, 3.05) is 0 Å². The molecule has 2 aromatic carbocycles. The Balaban J connectivity index is 2.15. The first kappa shape index (κ1) is 14.6. The van der Waals surface area contributed by atoms with Crippen LogP contribution in [-0.2, 0) is 12.6 Å². The van der Waals surface area contributed by atoms with Crippen LogP contribution in [0.3, 0.4) is 0 Å². The standard InChI is InChI=1S/C16H16F3N/c1-11-5-7-13(8-6-11)15(20)10-12-3-2-4-14(9-12)16(17,18)19/h2-9,15H,10,20H2,1H3. The monoisotopic (exact) mass is 279 g/mol. The molecule has 0 fully saturated rings. The van der Waals surface area contributed by atoms with Gasteiger partial charge in [0.2, 0.25) is 0 Å². The molecule has 0 saturated heterocycles. The van der Waals surface area contributed by atoms with Crippen molar-refractivity contribution >= 4 is 0 Å². The summed E-state index contributed by atoms with van der Waals surface area (Å²) in [4.78, 5) is 0. The zero-order valence-corrected chi connectivity index (χ0v) is 11.1. The summed E-state index contributed by atoms with van der Waals surface area (Å²) in [7, 11) is 0. The van der Waals surface area contributed by atoms with E-state index in [1.807, 2.05) is 31.2 Å². The molecule has 0 bridgehead atoms. The van der Waals surface area contributed by atoms with Crippen LogP contribution in [0.4, 0.5) is 13.2 Å². The highest BCUT2D eigenvalue weighted by Crippen LogP contribution is 2.30. The first-order chi connectivity index (χ1) is 9.36. The molecule has 4 heteroatoms. The molecule has 1 unspecified atom stereocenters. The Morgan fingerprint density at radius 1 is 1.05 bits per heavy atom. The molecule has 0 aliphatic heterocycles. The normalized spacial score (nSPS) is 13.2. The summed E-state index contributed by atoms with van der Waals surface area (Å²) in [6, 6.07) is 12.7. The SMILES string of the molecule is Cc1ccc(C(N)Cc2cccc(C(F)(F)F)c2)cc1. The lowest BCUT2D eigenvalue weighted by atomic mass is 9.98. The summed E-state index contributed by atoms with van der Waals surface area (Å²) in [5.41, 5.74) is 8.06. The molecule has 0 radical (unpaired) electrons. The molecule has 1 nitrogen and oxygen atoms in total. The molecule has 2 rings (SSSR count). The maximum Gasteiger partial charge on any atom is 0.416 e. The fourth-order valence-corrected chi connectivity index (χ4v) is 2.06. The number of hydrogen-bond acceptors (Lipinski definition) is 1. The highest BCUT2D eigenvalue weighted by atomic mass is 19.4. The highest BCUT2D eigenvalue weighted by Gasteiger charge is 2.30. The largest absolute Gasteiger partial charge is 0.416 e. The van der Waals surface area contributed by atoms with Gasteiger partial charge >= 0.3 is 6.18 Å². The lowest BCUT2D eigenvalue weighted by Crippen LogP contribution is -2.14. The van der Waals surface area contributed by atoms with E-state index in [-0.39, 0.29) is 6.04 Å². The van der Waals surface area contributed by atoms with Gasteiger partial charge in [0.05, 0.1) is 5.56 Å². The van der Waals surface area contributed by atoms with E-state index in [9.17, 15) is 13.2 Å². The average molecular weight is 279 g/mol. The quantitative estimate of drug-likeness (QED) is 0.892. The summed E-state index contributed by atoms with van der Waals surface area (Å²) in [6.45, 7) is 1.97. The number of alkyl halides is 3. The third-order valence-corrected chi connectivity index (χ3v) is 3.22. The summed E-state index contributed by atoms with van der Waals surface area (Å²) in [5, 5.41) is 0. The number of rotatable bonds is 3. The van der Waals surface area contributed by atoms with E-state index in [0.717, 1.165) is 23.3 Å². The lowest BCUT2D eigenvalue weighted by Gasteiger charge is -2.14. The van der Waals surface area contributed by atoms with E-state index < -0.39 is 11.7 Å². The second-order valence-corrected chi connectivity index (χ2v) is 4.92. The Morgan fingerprint density at radius 2 is 1.70 bits per heavy atom. The second kappa shape index (κ2) is 5.67. The van der Waals surface area contributed by atoms with Crippen LogP contribution in [0.15, 0.2) is 48.5 Å². The van der Waals surface area contributed by atoms with Crippen LogP contribution in [0.5, 0.6) is 0 Å². The minimum absolute atomic E-state index is 0.306. The third kappa shape index (κ3) is 3.61. The van der Waals surface area contributed by atoms with Crippen molar-refractivity contribution < 1.29 is 13.2 Å².